The average molecular weight is 445 g/mol. The second-order valence-electron chi connectivity index (χ2n) is 5.50. The van der Waals surface area contributed by atoms with Crippen molar-refractivity contribution in [3.63, 3.8) is 0 Å². The Morgan fingerprint density at radius 2 is 1.90 bits per heavy atom. The Balaban J connectivity index is 2.29. The van der Waals surface area contributed by atoms with Gasteiger partial charge in [0.2, 0.25) is 0 Å². The highest BCUT2D eigenvalue weighted by Gasteiger charge is 2.43. The molecular formula is C14H17Br2ClO2S. The van der Waals surface area contributed by atoms with Gasteiger partial charge in [-0.1, -0.05) is 61.7 Å². The Morgan fingerprint density at radius 3 is 2.40 bits per heavy atom. The smallest absolute Gasteiger partial charge is 0.150 e. The second-order valence-corrected chi connectivity index (χ2v) is 9.26. The maximum atomic E-state index is 11.8. The molecule has 0 saturated carbocycles. The molecule has 112 valence electrons. The lowest BCUT2D eigenvalue weighted by atomic mass is 9.74. The molecule has 1 fully saturated rings. The van der Waals surface area contributed by atoms with Gasteiger partial charge in [0.15, 0.2) is 9.84 Å². The Labute approximate surface area is 142 Å². The molecule has 6 heteroatoms. The molecule has 1 aromatic carbocycles. The van der Waals surface area contributed by atoms with Crippen LogP contribution < -0.4 is 0 Å². The summed E-state index contributed by atoms with van der Waals surface area (Å²) in [7, 11) is -2.88. The van der Waals surface area contributed by atoms with Crippen LogP contribution in [0.2, 0.25) is 5.02 Å². The molecule has 1 saturated heterocycles. The molecule has 0 bridgehead atoms. The van der Waals surface area contributed by atoms with Crippen LogP contribution in [0.1, 0.15) is 12.0 Å². The fraction of sp³-hybridized carbons (Fsp3) is 0.571. The summed E-state index contributed by atoms with van der Waals surface area (Å²) in [5.74, 6) is 0.763. The van der Waals surface area contributed by atoms with E-state index in [9.17, 15) is 8.42 Å². The van der Waals surface area contributed by atoms with Crippen molar-refractivity contribution in [1.82, 2.24) is 0 Å². The first-order chi connectivity index (χ1) is 9.42. The molecule has 0 amide bonds. The maximum absolute atomic E-state index is 11.8. The van der Waals surface area contributed by atoms with Crippen molar-refractivity contribution in [2.24, 2.45) is 11.3 Å². The predicted molar refractivity (Wildman–Crippen MR) is 91.9 cm³/mol. The molecule has 0 aromatic heterocycles. The third kappa shape index (κ3) is 3.60. The first-order valence-corrected chi connectivity index (χ1v) is 10.9. The zero-order valence-electron chi connectivity index (χ0n) is 11.0. The van der Waals surface area contributed by atoms with Crippen molar-refractivity contribution in [3.05, 3.63) is 34.9 Å². The van der Waals surface area contributed by atoms with Crippen LogP contribution in [-0.4, -0.2) is 30.6 Å². The highest BCUT2D eigenvalue weighted by atomic mass is 79.9. The first-order valence-electron chi connectivity index (χ1n) is 6.48. The summed E-state index contributed by atoms with van der Waals surface area (Å²) in [5.41, 5.74) is 0.964. The highest BCUT2D eigenvalue weighted by molar-refractivity contribution is 9.09. The molecule has 1 aliphatic heterocycles. The summed E-state index contributed by atoms with van der Waals surface area (Å²) in [6.45, 7) is 0. The number of alkyl halides is 2. The minimum Gasteiger partial charge on any atom is -0.229 e. The Morgan fingerprint density at radius 1 is 1.25 bits per heavy atom. The van der Waals surface area contributed by atoms with E-state index in [0.717, 1.165) is 34.1 Å². The number of hydrogen-bond donors (Lipinski definition) is 0. The van der Waals surface area contributed by atoms with Crippen molar-refractivity contribution in [3.8, 4) is 0 Å². The summed E-state index contributed by atoms with van der Waals surface area (Å²) >= 11 is 13.4. The van der Waals surface area contributed by atoms with Crippen LogP contribution >= 0.6 is 43.5 Å². The van der Waals surface area contributed by atoms with Gasteiger partial charge in [0.05, 0.1) is 11.5 Å². The predicted octanol–water partition coefficient (Wildman–Crippen LogP) is 4.09. The van der Waals surface area contributed by atoms with Crippen LogP contribution in [-0.2, 0) is 16.3 Å². The number of halogens is 3. The van der Waals surface area contributed by atoms with Crippen LogP contribution in [0, 0.1) is 11.3 Å². The second kappa shape index (κ2) is 6.67. The van der Waals surface area contributed by atoms with Crippen LogP contribution in [0.5, 0.6) is 0 Å². The van der Waals surface area contributed by atoms with Crippen molar-refractivity contribution in [2.45, 2.75) is 12.8 Å². The van der Waals surface area contributed by atoms with Gasteiger partial charge in [0.25, 0.3) is 0 Å². The van der Waals surface area contributed by atoms with E-state index in [1.807, 2.05) is 24.3 Å². The van der Waals surface area contributed by atoms with Crippen LogP contribution in [0.15, 0.2) is 24.3 Å². The maximum Gasteiger partial charge on any atom is 0.150 e. The zero-order valence-corrected chi connectivity index (χ0v) is 15.7. The van der Waals surface area contributed by atoms with E-state index in [4.69, 9.17) is 11.6 Å². The van der Waals surface area contributed by atoms with E-state index in [1.165, 1.54) is 0 Å². The Bertz CT molecular complexity index is 570. The number of rotatable bonds is 5. The summed E-state index contributed by atoms with van der Waals surface area (Å²) in [6.07, 6.45) is 1.52. The van der Waals surface area contributed by atoms with E-state index in [2.05, 4.69) is 31.9 Å². The molecule has 0 spiro atoms. The van der Waals surface area contributed by atoms with Gasteiger partial charge >= 0.3 is 0 Å². The lowest BCUT2D eigenvalue weighted by Gasteiger charge is -2.36. The monoisotopic (exact) mass is 442 g/mol. The highest BCUT2D eigenvalue weighted by Crippen LogP contribution is 2.42. The normalized spacial score (nSPS) is 22.1. The molecular weight excluding hydrogens is 427 g/mol. The molecule has 1 aliphatic rings. The lowest BCUT2D eigenvalue weighted by molar-refractivity contribution is 0.253. The Hall–Kier alpha value is 0.420. The summed E-state index contributed by atoms with van der Waals surface area (Å²) in [4.78, 5) is 0. The molecule has 2 rings (SSSR count). The van der Waals surface area contributed by atoms with Crippen molar-refractivity contribution in [2.75, 3.05) is 22.2 Å². The summed E-state index contributed by atoms with van der Waals surface area (Å²) in [6, 6.07) is 7.79. The zero-order chi connectivity index (χ0) is 14.8. The molecule has 0 radical (unpaired) electrons. The largest absolute Gasteiger partial charge is 0.229 e. The SMILES string of the molecule is O=S1(=O)CCC(C(CBr)(CBr)Cc2ccccc2Cl)C1. The number of hydrogen-bond acceptors (Lipinski definition) is 2. The van der Waals surface area contributed by atoms with Crippen LogP contribution in [0.25, 0.3) is 0 Å². The molecule has 1 aromatic rings. The standard InChI is InChI=1S/C14H17Br2ClO2S/c15-9-14(10-16,12-5-6-20(18,19)8-12)7-11-3-1-2-4-13(11)17/h1-4,12H,5-10H2. The fourth-order valence-electron chi connectivity index (χ4n) is 2.79. The van der Waals surface area contributed by atoms with E-state index in [-0.39, 0.29) is 17.1 Å². The average Bonchev–Trinajstić information content (AvgIpc) is 2.79. The minimum atomic E-state index is -2.88. The molecule has 20 heavy (non-hydrogen) atoms. The molecule has 1 atom stereocenters. The third-order valence-corrected chi connectivity index (χ3v) is 8.50. The lowest BCUT2D eigenvalue weighted by Crippen LogP contribution is -2.37. The summed E-state index contributed by atoms with van der Waals surface area (Å²) in [5, 5.41) is 2.27. The molecule has 1 unspecified atom stereocenters. The molecule has 2 nitrogen and oxygen atoms in total. The van der Waals surface area contributed by atoms with Gasteiger partial charge in [-0.05, 0) is 35.8 Å². The topological polar surface area (TPSA) is 34.1 Å². The van der Waals surface area contributed by atoms with Gasteiger partial charge in [-0.25, -0.2) is 8.42 Å². The van der Waals surface area contributed by atoms with Gasteiger partial charge in [0.1, 0.15) is 0 Å². The van der Waals surface area contributed by atoms with Gasteiger partial charge in [-0.3, -0.25) is 0 Å². The van der Waals surface area contributed by atoms with Crippen molar-refractivity contribution in [1.29, 1.82) is 0 Å². The van der Waals surface area contributed by atoms with Crippen molar-refractivity contribution < 1.29 is 8.42 Å². The van der Waals surface area contributed by atoms with E-state index in [1.54, 1.807) is 0 Å². The summed E-state index contributed by atoms with van der Waals surface area (Å²) < 4.78 is 23.6. The van der Waals surface area contributed by atoms with Gasteiger partial charge < -0.3 is 0 Å². The minimum absolute atomic E-state index is 0.117. The molecule has 1 heterocycles. The number of benzene rings is 1. The first kappa shape index (κ1) is 16.8. The fourth-order valence-corrected chi connectivity index (χ4v) is 7.18. The van der Waals surface area contributed by atoms with Gasteiger partial charge in [-0.2, -0.15) is 0 Å². The van der Waals surface area contributed by atoms with Crippen LogP contribution in [0.3, 0.4) is 0 Å². The Kier molecular flexibility index (Phi) is 5.60. The van der Waals surface area contributed by atoms with E-state index >= 15 is 0 Å². The van der Waals surface area contributed by atoms with Gasteiger partial charge in [0, 0.05) is 15.7 Å². The third-order valence-electron chi connectivity index (χ3n) is 4.13. The number of sulfone groups is 1. The molecule has 0 N–H and O–H groups in total. The van der Waals surface area contributed by atoms with E-state index < -0.39 is 9.84 Å². The van der Waals surface area contributed by atoms with Gasteiger partial charge in [-0.15, -0.1) is 0 Å². The van der Waals surface area contributed by atoms with E-state index in [0.29, 0.717) is 5.75 Å². The molecule has 0 aliphatic carbocycles. The quantitative estimate of drug-likeness (QED) is 0.641. The van der Waals surface area contributed by atoms with Crippen molar-refractivity contribution >= 4 is 53.3 Å². The van der Waals surface area contributed by atoms with Crippen LogP contribution in [0.4, 0.5) is 0 Å².